The fourth-order valence-corrected chi connectivity index (χ4v) is 1.69. The maximum Gasteiger partial charge on any atom is 0.406 e. The summed E-state index contributed by atoms with van der Waals surface area (Å²) in [5, 5.41) is 5.36. The third-order valence-corrected chi connectivity index (χ3v) is 2.88. The number of carbonyl (C=O) groups is 1. The van der Waals surface area contributed by atoms with Crippen molar-refractivity contribution in [1.82, 2.24) is 15.5 Å². The van der Waals surface area contributed by atoms with Crippen molar-refractivity contribution in [2.75, 3.05) is 27.2 Å². The van der Waals surface area contributed by atoms with Crippen LogP contribution in [-0.2, 0) is 11.3 Å². The number of amides is 1. The topological polar surface area (TPSA) is 56.7 Å². The highest BCUT2D eigenvalue weighted by Crippen LogP contribution is 2.15. The molecule has 0 radical (unpaired) electrons. The number of aliphatic imine (C=N–C) groups is 1. The van der Waals surface area contributed by atoms with Gasteiger partial charge < -0.3 is 15.5 Å². The normalized spacial score (nSPS) is 12.0. The third-order valence-electron chi connectivity index (χ3n) is 2.88. The average Bonchev–Trinajstić information content (AvgIpc) is 2.47. The second-order valence-electron chi connectivity index (χ2n) is 4.74. The van der Waals surface area contributed by atoms with Crippen LogP contribution in [0.25, 0.3) is 0 Å². The van der Waals surface area contributed by atoms with Gasteiger partial charge in [-0.1, -0.05) is 18.2 Å². The molecule has 0 spiro atoms. The molecule has 128 valence electrons. The van der Waals surface area contributed by atoms with E-state index >= 15 is 0 Å². The van der Waals surface area contributed by atoms with Crippen molar-refractivity contribution in [2.45, 2.75) is 12.7 Å². The Hall–Kier alpha value is -2.32. The zero-order valence-electron chi connectivity index (χ0n) is 12.7. The van der Waals surface area contributed by atoms with E-state index in [2.05, 4.69) is 15.6 Å². The maximum atomic E-state index is 13.5. The lowest BCUT2D eigenvalue weighted by atomic mass is 10.2. The van der Waals surface area contributed by atoms with E-state index in [4.69, 9.17) is 0 Å². The molecule has 1 amide bonds. The van der Waals surface area contributed by atoms with Crippen LogP contribution < -0.4 is 10.6 Å². The van der Waals surface area contributed by atoms with Crippen molar-refractivity contribution < 1.29 is 22.4 Å². The molecule has 0 unspecified atom stereocenters. The van der Waals surface area contributed by atoms with Gasteiger partial charge in [0, 0.05) is 26.2 Å². The van der Waals surface area contributed by atoms with Gasteiger partial charge in [-0.05, 0) is 6.07 Å². The molecule has 2 N–H and O–H groups in total. The largest absolute Gasteiger partial charge is 0.406 e. The first kappa shape index (κ1) is 18.7. The molecule has 0 heterocycles. The summed E-state index contributed by atoms with van der Waals surface area (Å²) in [6.45, 7) is -1.56. The van der Waals surface area contributed by atoms with Crippen LogP contribution in [0, 0.1) is 5.82 Å². The smallest absolute Gasteiger partial charge is 0.352 e. The SMILES string of the molecule is CN=C(NCC(=O)N(C)CC(F)(F)F)NCc1ccccc1F. The number of likely N-dealkylation sites (N-methyl/N-ethyl adjacent to an activating group) is 1. The highest BCUT2D eigenvalue weighted by molar-refractivity contribution is 5.86. The van der Waals surface area contributed by atoms with E-state index in [-0.39, 0.29) is 19.0 Å². The van der Waals surface area contributed by atoms with Gasteiger partial charge in [-0.15, -0.1) is 0 Å². The molecular weight excluding hydrogens is 316 g/mol. The van der Waals surface area contributed by atoms with Gasteiger partial charge in [0.05, 0.1) is 6.54 Å². The Morgan fingerprint density at radius 3 is 2.48 bits per heavy atom. The summed E-state index contributed by atoms with van der Waals surface area (Å²) in [5.74, 6) is -0.949. The minimum absolute atomic E-state index is 0.124. The first-order valence-electron chi connectivity index (χ1n) is 6.71. The van der Waals surface area contributed by atoms with E-state index in [1.807, 2.05) is 0 Å². The summed E-state index contributed by atoms with van der Waals surface area (Å²) in [4.78, 5) is 16.0. The predicted molar refractivity (Wildman–Crippen MR) is 78.3 cm³/mol. The molecule has 23 heavy (non-hydrogen) atoms. The highest BCUT2D eigenvalue weighted by atomic mass is 19.4. The summed E-state index contributed by atoms with van der Waals surface area (Å²) < 4.78 is 50.0. The van der Waals surface area contributed by atoms with Gasteiger partial charge in [0.15, 0.2) is 5.96 Å². The minimum Gasteiger partial charge on any atom is -0.352 e. The maximum absolute atomic E-state index is 13.5. The van der Waals surface area contributed by atoms with Crippen molar-refractivity contribution in [3.05, 3.63) is 35.6 Å². The van der Waals surface area contributed by atoms with Gasteiger partial charge in [0.1, 0.15) is 12.4 Å². The fraction of sp³-hybridized carbons (Fsp3) is 0.429. The average molecular weight is 334 g/mol. The Morgan fingerprint density at radius 2 is 1.91 bits per heavy atom. The number of halogens is 4. The summed E-state index contributed by atoms with van der Waals surface area (Å²) in [6.07, 6.45) is -4.45. The molecule has 9 heteroatoms. The van der Waals surface area contributed by atoms with Crippen LogP contribution in [0.5, 0.6) is 0 Å². The molecule has 1 aromatic carbocycles. The Balaban J connectivity index is 2.45. The van der Waals surface area contributed by atoms with E-state index in [0.29, 0.717) is 10.5 Å². The van der Waals surface area contributed by atoms with Crippen LogP contribution in [0.1, 0.15) is 5.56 Å². The quantitative estimate of drug-likeness (QED) is 0.488. The molecule has 0 saturated heterocycles. The Labute approximate surface area is 131 Å². The highest BCUT2D eigenvalue weighted by Gasteiger charge is 2.31. The Kier molecular flexibility index (Phi) is 6.80. The van der Waals surface area contributed by atoms with Crippen molar-refractivity contribution in [2.24, 2.45) is 4.99 Å². The van der Waals surface area contributed by atoms with E-state index < -0.39 is 24.4 Å². The van der Waals surface area contributed by atoms with E-state index in [1.54, 1.807) is 18.2 Å². The Morgan fingerprint density at radius 1 is 1.26 bits per heavy atom. The van der Waals surface area contributed by atoms with Gasteiger partial charge in [-0.2, -0.15) is 13.2 Å². The molecule has 0 saturated carbocycles. The van der Waals surface area contributed by atoms with Crippen LogP contribution in [0.3, 0.4) is 0 Å². The molecule has 0 aliphatic rings. The van der Waals surface area contributed by atoms with Gasteiger partial charge >= 0.3 is 6.18 Å². The second-order valence-corrected chi connectivity index (χ2v) is 4.74. The number of hydrogen-bond acceptors (Lipinski definition) is 2. The summed E-state index contributed by atoms with van der Waals surface area (Å²) in [6, 6.07) is 6.12. The van der Waals surface area contributed by atoms with E-state index in [9.17, 15) is 22.4 Å². The van der Waals surface area contributed by atoms with Crippen LogP contribution >= 0.6 is 0 Å². The first-order chi connectivity index (χ1) is 10.7. The molecule has 5 nitrogen and oxygen atoms in total. The first-order valence-corrected chi connectivity index (χ1v) is 6.71. The minimum atomic E-state index is -4.45. The Bertz CT molecular complexity index is 560. The lowest BCUT2D eigenvalue weighted by Gasteiger charge is -2.20. The number of rotatable bonds is 5. The van der Waals surface area contributed by atoms with Gasteiger partial charge in [-0.25, -0.2) is 4.39 Å². The molecule has 0 atom stereocenters. The second kappa shape index (κ2) is 8.35. The summed E-state index contributed by atoms with van der Waals surface area (Å²) in [7, 11) is 2.49. The number of benzene rings is 1. The zero-order chi connectivity index (χ0) is 17.5. The molecule has 0 bridgehead atoms. The van der Waals surface area contributed by atoms with E-state index in [0.717, 1.165) is 7.05 Å². The molecule has 0 fully saturated rings. The van der Waals surface area contributed by atoms with Crippen LogP contribution in [0.2, 0.25) is 0 Å². The number of hydrogen-bond donors (Lipinski definition) is 2. The number of nitrogens with zero attached hydrogens (tertiary/aromatic N) is 2. The zero-order valence-corrected chi connectivity index (χ0v) is 12.7. The third kappa shape index (κ3) is 6.98. The standard InChI is InChI=1S/C14H18F4N4O/c1-19-13(20-7-10-5-3-4-6-11(10)15)21-8-12(23)22(2)9-14(16,17)18/h3-6H,7-9H2,1-2H3,(H2,19,20,21). The molecule has 1 rings (SSSR count). The van der Waals surface area contributed by atoms with Crippen molar-refractivity contribution in [3.8, 4) is 0 Å². The number of guanidine groups is 1. The van der Waals surface area contributed by atoms with Gasteiger partial charge in [0.2, 0.25) is 5.91 Å². The summed E-state index contributed by atoms with van der Waals surface area (Å²) >= 11 is 0. The number of carbonyl (C=O) groups excluding carboxylic acids is 1. The van der Waals surface area contributed by atoms with Crippen LogP contribution in [0.15, 0.2) is 29.3 Å². The van der Waals surface area contributed by atoms with Gasteiger partial charge in [0.25, 0.3) is 0 Å². The van der Waals surface area contributed by atoms with Gasteiger partial charge in [-0.3, -0.25) is 9.79 Å². The lowest BCUT2D eigenvalue weighted by Crippen LogP contribution is -2.45. The molecule has 0 aliphatic heterocycles. The van der Waals surface area contributed by atoms with Crippen molar-refractivity contribution in [3.63, 3.8) is 0 Å². The van der Waals surface area contributed by atoms with Crippen molar-refractivity contribution in [1.29, 1.82) is 0 Å². The van der Waals surface area contributed by atoms with Crippen molar-refractivity contribution >= 4 is 11.9 Å². The number of nitrogens with one attached hydrogen (secondary N) is 2. The molecule has 0 aliphatic carbocycles. The monoisotopic (exact) mass is 334 g/mol. The van der Waals surface area contributed by atoms with Crippen LogP contribution in [-0.4, -0.2) is 50.1 Å². The number of alkyl halides is 3. The fourth-order valence-electron chi connectivity index (χ4n) is 1.69. The predicted octanol–water partition coefficient (Wildman–Crippen LogP) is 1.51. The molecule has 1 aromatic rings. The lowest BCUT2D eigenvalue weighted by molar-refractivity contribution is -0.157. The van der Waals surface area contributed by atoms with E-state index in [1.165, 1.54) is 13.1 Å². The van der Waals surface area contributed by atoms with Crippen LogP contribution in [0.4, 0.5) is 17.6 Å². The summed E-state index contributed by atoms with van der Waals surface area (Å²) in [5.41, 5.74) is 0.399. The molecular formula is C14H18F4N4O. The molecule has 0 aromatic heterocycles.